The molecule has 0 radical (unpaired) electrons. The number of amides is 2. The van der Waals surface area contributed by atoms with Crippen molar-refractivity contribution in [3.63, 3.8) is 0 Å². The van der Waals surface area contributed by atoms with Crippen LogP contribution in [0.4, 0.5) is 11.5 Å². The molecule has 0 atom stereocenters. The van der Waals surface area contributed by atoms with Crippen molar-refractivity contribution in [1.82, 2.24) is 15.3 Å². The molecule has 26 heavy (non-hydrogen) atoms. The summed E-state index contributed by atoms with van der Waals surface area (Å²) in [6, 6.07) is 8.43. The minimum atomic E-state index is -0.583. The van der Waals surface area contributed by atoms with E-state index in [0.29, 0.717) is 5.56 Å². The Bertz CT molecular complexity index is 859. The SMILES string of the molecule is CC(C)(C)NC(=O)CSc1nc(N)c(NC(=O)c2ccccc2)c(=O)[nH]1. The van der Waals surface area contributed by atoms with Crippen molar-refractivity contribution in [2.24, 2.45) is 0 Å². The molecule has 8 nitrogen and oxygen atoms in total. The number of nitrogens with two attached hydrogens (primary N) is 1. The summed E-state index contributed by atoms with van der Waals surface area (Å²) in [5.41, 5.74) is 5.14. The van der Waals surface area contributed by atoms with Crippen LogP contribution in [0.2, 0.25) is 0 Å². The lowest BCUT2D eigenvalue weighted by atomic mass is 10.1. The summed E-state index contributed by atoms with van der Waals surface area (Å²) in [5, 5.41) is 5.47. The molecule has 2 rings (SSSR count). The molecule has 2 amide bonds. The zero-order valence-corrected chi connectivity index (χ0v) is 15.6. The highest BCUT2D eigenvalue weighted by Crippen LogP contribution is 2.17. The van der Waals surface area contributed by atoms with Gasteiger partial charge in [0, 0.05) is 11.1 Å². The lowest BCUT2D eigenvalue weighted by Gasteiger charge is -2.20. The monoisotopic (exact) mass is 375 g/mol. The summed E-state index contributed by atoms with van der Waals surface area (Å²) in [5.74, 6) is -0.688. The normalized spacial score (nSPS) is 11.0. The molecule has 0 aliphatic heterocycles. The van der Waals surface area contributed by atoms with Crippen molar-refractivity contribution in [2.75, 3.05) is 16.8 Å². The van der Waals surface area contributed by atoms with Crippen LogP contribution in [0.1, 0.15) is 31.1 Å². The van der Waals surface area contributed by atoms with Crippen LogP contribution in [0.3, 0.4) is 0 Å². The first-order chi connectivity index (χ1) is 12.2. The Morgan fingerprint density at radius 1 is 1.23 bits per heavy atom. The van der Waals surface area contributed by atoms with E-state index in [4.69, 9.17) is 5.73 Å². The van der Waals surface area contributed by atoms with E-state index in [1.54, 1.807) is 30.3 Å². The molecule has 2 aromatic rings. The summed E-state index contributed by atoms with van der Waals surface area (Å²) in [4.78, 5) is 42.7. The van der Waals surface area contributed by atoms with Crippen LogP contribution < -0.4 is 21.9 Å². The van der Waals surface area contributed by atoms with Gasteiger partial charge in [0.1, 0.15) is 5.69 Å². The summed E-state index contributed by atoms with van der Waals surface area (Å²) < 4.78 is 0. The molecule has 0 aliphatic carbocycles. The maximum atomic E-state index is 12.2. The number of nitrogens with zero attached hydrogens (tertiary/aromatic N) is 1. The minimum Gasteiger partial charge on any atom is -0.382 e. The molecule has 0 fully saturated rings. The van der Waals surface area contributed by atoms with E-state index in [1.807, 2.05) is 20.8 Å². The second-order valence-corrected chi connectivity index (χ2v) is 7.50. The van der Waals surface area contributed by atoms with Crippen LogP contribution in [0.15, 0.2) is 40.3 Å². The van der Waals surface area contributed by atoms with Crippen LogP contribution in [0.5, 0.6) is 0 Å². The summed E-state index contributed by atoms with van der Waals surface area (Å²) in [7, 11) is 0. The van der Waals surface area contributed by atoms with Gasteiger partial charge in [-0.15, -0.1) is 0 Å². The Morgan fingerprint density at radius 3 is 2.46 bits per heavy atom. The highest BCUT2D eigenvalue weighted by molar-refractivity contribution is 7.99. The second-order valence-electron chi connectivity index (χ2n) is 6.54. The molecule has 0 spiro atoms. The molecular weight excluding hydrogens is 354 g/mol. The van der Waals surface area contributed by atoms with E-state index in [9.17, 15) is 14.4 Å². The zero-order valence-electron chi connectivity index (χ0n) is 14.8. The number of thioether (sulfide) groups is 1. The Hall–Kier alpha value is -2.81. The zero-order chi connectivity index (χ0) is 19.3. The lowest BCUT2D eigenvalue weighted by Crippen LogP contribution is -2.41. The number of nitrogens with one attached hydrogen (secondary N) is 3. The number of hydrogen-bond donors (Lipinski definition) is 4. The van der Waals surface area contributed by atoms with Crippen LogP contribution in [0.25, 0.3) is 0 Å². The van der Waals surface area contributed by atoms with Crippen molar-refractivity contribution >= 4 is 35.1 Å². The fourth-order valence-corrected chi connectivity index (χ4v) is 2.69. The number of aromatic nitrogens is 2. The van der Waals surface area contributed by atoms with Crippen molar-refractivity contribution in [3.8, 4) is 0 Å². The van der Waals surface area contributed by atoms with E-state index < -0.39 is 11.5 Å². The third-order valence-corrected chi connectivity index (χ3v) is 3.93. The molecule has 0 saturated heterocycles. The highest BCUT2D eigenvalue weighted by atomic mass is 32.2. The number of carbonyl (C=O) groups excluding carboxylic acids is 2. The fourth-order valence-electron chi connectivity index (χ4n) is 2.02. The lowest BCUT2D eigenvalue weighted by molar-refractivity contribution is -0.119. The average molecular weight is 375 g/mol. The largest absolute Gasteiger partial charge is 0.382 e. The number of anilines is 2. The number of nitrogen functional groups attached to an aromatic ring is 1. The van der Waals surface area contributed by atoms with Crippen LogP contribution in [0, 0.1) is 0 Å². The fraction of sp³-hybridized carbons (Fsp3) is 0.294. The predicted molar refractivity (Wildman–Crippen MR) is 102 cm³/mol. The maximum Gasteiger partial charge on any atom is 0.277 e. The van der Waals surface area contributed by atoms with E-state index in [2.05, 4.69) is 20.6 Å². The number of aromatic amines is 1. The number of hydrogen-bond acceptors (Lipinski definition) is 6. The van der Waals surface area contributed by atoms with Gasteiger partial charge in [0.15, 0.2) is 11.0 Å². The summed E-state index contributed by atoms with van der Waals surface area (Å²) >= 11 is 1.05. The smallest absolute Gasteiger partial charge is 0.277 e. The van der Waals surface area contributed by atoms with Gasteiger partial charge in [-0.3, -0.25) is 19.4 Å². The number of carbonyl (C=O) groups is 2. The molecule has 1 aromatic heterocycles. The topological polar surface area (TPSA) is 130 Å². The third kappa shape index (κ3) is 5.62. The third-order valence-electron chi connectivity index (χ3n) is 3.05. The number of H-pyrrole nitrogens is 1. The molecule has 138 valence electrons. The van der Waals surface area contributed by atoms with E-state index in [-0.39, 0.29) is 33.9 Å². The first-order valence-corrected chi connectivity index (χ1v) is 8.84. The molecule has 5 N–H and O–H groups in total. The van der Waals surface area contributed by atoms with Crippen molar-refractivity contribution in [3.05, 3.63) is 46.2 Å². The Morgan fingerprint density at radius 2 is 1.88 bits per heavy atom. The van der Waals surface area contributed by atoms with Crippen molar-refractivity contribution in [2.45, 2.75) is 31.5 Å². The molecule has 9 heteroatoms. The molecule has 0 aliphatic rings. The predicted octanol–water partition coefficient (Wildman–Crippen LogP) is 1.61. The van der Waals surface area contributed by atoms with E-state index in [1.165, 1.54) is 0 Å². The Labute approximate surface area is 155 Å². The molecular formula is C17H21N5O3S. The quantitative estimate of drug-likeness (QED) is 0.464. The minimum absolute atomic E-state index is 0.0787. The molecule has 1 heterocycles. The van der Waals surface area contributed by atoms with Crippen molar-refractivity contribution < 1.29 is 9.59 Å². The van der Waals surface area contributed by atoms with Crippen molar-refractivity contribution in [1.29, 1.82) is 0 Å². The van der Waals surface area contributed by atoms with Crippen LogP contribution >= 0.6 is 11.8 Å². The van der Waals surface area contributed by atoms with Gasteiger partial charge in [-0.25, -0.2) is 4.98 Å². The van der Waals surface area contributed by atoms with Gasteiger partial charge in [0.25, 0.3) is 11.5 Å². The van der Waals surface area contributed by atoms with E-state index >= 15 is 0 Å². The summed E-state index contributed by atoms with van der Waals surface area (Å²) in [6.07, 6.45) is 0. The molecule has 0 saturated carbocycles. The van der Waals surface area contributed by atoms with Gasteiger partial charge >= 0.3 is 0 Å². The summed E-state index contributed by atoms with van der Waals surface area (Å²) in [6.45, 7) is 5.62. The second kappa shape index (κ2) is 8.05. The Kier molecular flexibility index (Phi) is 6.04. The van der Waals surface area contributed by atoms with Gasteiger partial charge in [0.05, 0.1) is 5.75 Å². The standard InChI is InChI=1S/C17H21N5O3S/c1-17(2,3)22-11(23)9-26-16-20-13(18)12(15(25)21-16)19-14(24)10-7-5-4-6-8-10/h4-8H,9H2,1-3H3,(H,19,24)(H,22,23)(H3,18,20,21,25). The first kappa shape index (κ1) is 19.5. The van der Waals surface area contributed by atoms with Gasteiger partial charge in [-0.05, 0) is 32.9 Å². The van der Waals surface area contributed by atoms with Gasteiger partial charge in [-0.2, -0.15) is 0 Å². The highest BCUT2D eigenvalue weighted by Gasteiger charge is 2.16. The van der Waals surface area contributed by atoms with Crippen LogP contribution in [-0.2, 0) is 4.79 Å². The van der Waals surface area contributed by atoms with E-state index in [0.717, 1.165) is 11.8 Å². The van der Waals surface area contributed by atoms with Gasteiger partial charge in [0.2, 0.25) is 5.91 Å². The first-order valence-electron chi connectivity index (χ1n) is 7.86. The number of benzene rings is 1. The Balaban J connectivity index is 2.07. The molecule has 0 bridgehead atoms. The maximum absolute atomic E-state index is 12.2. The van der Waals surface area contributed by atoms with Gasteiger partial charge in [-0.1, -0.05) is 30.0 Å². The molecule has 1 aromatic carbocycles. The molecule has 0 unspecified atom stereocenters. The van der Waals surface area contributed by atoms with Gasteiger partial charge < -0.3 is 16.4 Å². The average Bonchev–Trinajstić information content (AvgIpc) is 2.55. The number of rotatable bonds is 5. The van der Waals surface area contributed by atoms with Crippen LogP contribution in [-0.4, -0.2) is 33.1 Å².